The Labute approximate surface area is 126 Å². The normalized spacial score (nSPS) is 11.0. The molecule has 0 fully saturated rings. The number of nitrogens with two attached hydrogens (primary N) is 1. The van der Waals surface area contributed by atoms with E-state index in [1.165, 1.54) is 4.70 Å². The van der Waals surface area contributed by atoms with E-state index >= 15 is 0 Å². The van der Waals surface area contributed by atoms with Crippen molar-refractivity contribution in [1.29, 1.82) is 0 Å². The molecule has 0 aliphatic rings. The summed E-state index contributed by atoms with van der Waals surface area (Å²) in [5, 5.41) is 1.11. The number of aromatic amines is 1. The fourth-order valence-electron chi connectivity index (χ4n) is 1.74. The summed E-state index contributed by atoms with van der Waals surface area (Å²) in [5.41, 5.74) is 9.00. The van der Waals surface area contributed by atoms with Crippen LogP contribution in [-0.2, 0) is 0 Å². The van der Waals surface area contributed by atoms with E-state index in [0.717, 1.165) is 21.8 Å². The fourth-order valence-corrected chi connectivity index (χ4v) is 2.80. The third kappa shape index (κ3) is 4.64. The van der Waals surface area contributed by atoms with Gasteiger partial charge in [0.25, 0.3) is 5.01 Å². The van der Waals surface area contributed by atoms with Crippen LogP contribution in [0.5, 0.6) is 0 Å². The molecule has 3 N–H and O–H groups in total. The van der Waals surface area contributed by atoms with Gasteiger partial charge >= 0.3 is 0 Å². The van der Waals surface area contributed by atoms with Crippen molar-refractivity contribution in [2.75, 3.05) is 5.73 Å². The predicted molar refractivity (Wildman–Crippen MR) is 68.2 cm³/mol. The molecule has 0 aliphatic carbocycles. The van der Waals surface area contributed by atoms with Crippen LogP contribution < -0.4 is 29.4 Å². The molecule has 3 aromatic rings. The van der Waals surface area contributed by atoms with E-state index in [1.807, 2.05) is 36.4 Å². The number of halogens is 1. The van der Waals surface area contributed by atoms with Gasteiger partial charge in [0.15, 0.2) is 0 Å². The van der Waals surface area contributed by atoms with Crippen molar-refractivity contribution in [2.45, 2.75) is 0 Å². The first-order valence-corrected chi connectivity index (χ1v) is 7.77. The topological polar surface area (TPSA) is 132 Å². The van der Waals surface area contributed by atoms with Gasteiger partial charge in [0.05, 0.1) is 5.56 Å². The number of hydrogen-bond donors (Lipinski definition) is 1. The molecule has 1 heterocycles. The lowest BCUT2D eigenvalue weighted by atomic mass is 10.2. The minimum atomic E-state index is -4.94. The number of nitrogens with one attached hydrogen (secondary N) is 1. The van der Waals surface area contributed by atoms with E-state index in [9.17, 15) is 0 Å². The minimum Gasteiger partial charge on any atom is -0.398 e. The van der Waals surface area contributed by atoms with Gasteiger partial charge in [-0.05, 0) is 18.2 Å². The number of thiazole rings is 1. The molecule has 1 aromatic heterocycles. The van der Waals surface area contributed by atoms with Crippen LogP contribution in [0.25, 0.3) is 20.8 Å². The monoisotopic (exact) mass is 326 g/mol. The third-order valence-corrected chi connectivity index (χ3v) is 3.65. The van der Waals surface area contributed by atoms with Crippen molar-refractivity contribution in [3.63, 3.8) is 0 Å². The zero-order valence-electron chi connectivity index (χ0n) is 10.6. The van der Waals surface area contributed by atoms with Gasteiger partial charge in [-0.25, -0.2) is 18.6 Å². The highest BCUT2D eigenvalue weighted by molar-refractivity contribution is 7.21. The Morgan fingerprint density at radius 1 is 0.905 bits per heavy atom. The van der Waals surface area contributed by atoms with Crippen molar-refractivity contribution in [1.82, 2.24) is 0 Å². The molecule has 0 amide bonds. The summed E-state index contributed by atoms with van der Waals surface area (Å²) >= 11 is 1.73. The van der Waals surface area contributed by atoms with Crippen molar-refractivity contribution in [3.05, 3.63) is 48.5 Å². The summed E-state index contributed by atoms with van der Waals surface area (Å²) < 4.78 is 35.2. The largest absolute Gasteiger partial charge is 0.398 e. The van der Waals surface area contributed by atoms with Crippen LogP contribution >= 0.6 is 11.3 Å². The molecule has 8 heteroatoms. The number of fused-ring (bicyclic) bond motifs is 1. The Morgan fingerprint density at radius 2 is 1.48 bits per heavy atom. The Morgan fingerprint density at radius 3 is 2.10 bits per heavy atom. The van der Waals surface area contributed by atoms with E-state index in [2.05, 4.69) is 17.1 Å². The number of hydrogen-bond acceptors (Lipinski definition) is 6. The van der Waals surface area contributed by atoms with Gasteiger partial charge in [-0.1, -0.05) is 35.6 Å². The van der Waals surface area contributed by atoms with Crippen molar-refractivity contribution in [2.24, 2.45) is 0 Å². The lowest BCUT2D eigenvalue weighted by molar-refractivity contribution is -2.00. The molecular formula is C13H11ClN2O4S. The van der Waals surface area contributed by atoms with Gasteiger partial charge < -0.3 is 5.73 Å². The molecule has 3 rings (SSSR count). The van der Waals surface area contributed by atoms with Gasteiger partial charge in [0, 0.05) is 11.8 Å². The quantitative estimate of drug-likeness (QED) is 0.527. The minimum absolute atomic E-state index is 0.810. The van der Waals surface area contributed by atoms with E-state index in [0.29, 0.717) is 0 Å². The summed E-state index contributed by atoms with van der Waals surface area (Å²) in [6.45, 7) is 0. The zero-order chi connectivity index (χ0) is 15.5. The highest BCUT2D eigenvalue weighted by Gasteiger charge is 2.14. The molecule has 0 bridgehead atoms. The maximum absolute atomic E-state index is 8.49. The summed E-state index contributed by atoms with van der Waals surface area (Å²) in [6, 6.07) is 16.2. The standard InChI is InChI=1S/C13H10N2S.ClHO4/c14-10-6-2-1-5-9(10)13-15-11-7-3-4-8-12(11)16-13;2-1(3,4)5/h1-8H,14H2;(H,2,3,4,5). The third-order valence-electron chi connectivity index (χ3n) is 2.55. The lowest BCUT2D eigenvalue weighted by Gasteiger charge is -2.17. The first-order valence-electron chi connectivity index (χ1n) is 5.72. The fraction of sp³-hybridized carbons (Fsp3) is 0. The van der Waals surface area contributed by atoms with Crippen LogP contribution in [0.2, 0.25) is 0 Å². The SMILES string of the molecule is Nc1ccccc1-c1[nH+]c2ccccc2s1.[O-][Cl+3]([O-])([O-])[O-]. The maximum Gasteiger partial charge on any atom is 0.270 e. The van der Waals surface area contributed by atoms with E-state index < -0.39 is 10.2 Å². The summed E-state index contributed by atoms with van der Waals surface area (Å²) in [6.07, 6.45) is 0. The van der Waals surface area contributed by atoms with Crippen LogP contribution in [0, 0.1) is 10.2 Å². The van der Waals surface area contributed by atoms with E-state index in [1.54, 1.807) is 11.3 Å². The summed E-state index contributed by atoms with van der Waals surface area (Å²) in [4.78, 5) is 3.39. The number of aromatic nitrogens is 1. The van der Waals surface area contributed by atoms with Gasteiger partial charge in [0.2, 0.25) is 5.52 Å². The number of benzene rings is 2. The maximum atomic E-state index is 8.49. The van der Waals surface area contributed by atoms with Crippen LogP contribution in [0.4, 0.5) is 5.69 Å². The average Bonchev–Trinajstić information content (AvgIpc) is 2.80. The molecule has 110 valence electrons. The van der Waals surface area contributed by atoms with Gasteiger partial charge in [-0.15, -0.1) is 10.2 Å². The molecule has 0 atom stereocenters. The Kier molecular flexibility index (Phi) is 4.73. The molecule has 0 saturated carbocycles. The number of H-pyrrole nitrogens is 1. The number of rotatable bonds is 1. The second-order valence-corrected chi connectivity index (χ2v) is 5.83. The number of anilines is 1. The smallest absolute Gasteiger partial charge is 0.270 e. The average molecular weight is 327 g/mol. The Balaban J connectivity index is 0.000000282. The van der Waals surface area contributed by atoms with Crippen LogP contribution in [0.1, 0.15) is 0 Å². The number of nitrogen functional groups attached to an aromatic ring is 1. The van der Waals surface area contributed by atoms with Crippen LogP contribution in [0.15, 0.2) is 48.5 Å². The van der Waals surface area contributed by atoms with Crippen molar-refractivity contribution >= 4 is 27.2 Å². The highest BCUT2D eigenvalue weighted by Crippen LogP contribution is 2.29. The van der Waals surface area contributed by atoms with Crippen LogP contribution in [0.3, 0.4) is 0 Å². The zero-order valence-corrected chi connectivity index (χ0v) is 12.2. The first kappa shape index (κ1) is 15.6. The summed E-state index contributed by atoms with van der Waals surface area (Å²) in [5.74, 6) is 0. The molecule has 2 aromatic carbocycles. The van der Waals surface area contributed by atoms with Gasteiger partial charge in [-0.3, -0.25) is 0 Å². The van der Waals surface area contributed by atoms with Crippen molar-refractivity contribution < 1.29 is 33.9 Å². The molecule has 0 saturated heterocycles. The van der Waals surface area contributed by atoms with E-state index in [4.69, 9.17) is 24.4 Å². The second kappa shape index (κ2) is 6.35. The molecule has 0 radical (unpaired) electrons. The molecule has 0 aliphatic heterocycles. The molecule has 0 spiro atoms. The second-order valence-electron chi connectivity index (χ2n) is 4.02. The number of para-hydroxylation sites is 2. The lowest BCUT2D eigenvalue weighted by Crippen LogP contribution is -2.68. The van der Waals surface area contributed by atoms with Gasteiger partial charge in [-0.2, -0.15) is 4.98 Å². The molecule has 6 nitrogen and oxygen atoms in total. The van der Waals surface area contributed by atoms with Crippen LogP contribution in [-0.4, -0.2) is 0 Å². The summed E-state index contributed by atoms with van der Waals surface area (Å²) in [7, 11) is -4.94. The van der Waals surface area contributed by atoms with E-state index in [-0.39, 0.29) is 0 Å². The molecule has 0 unspecified atom stereocenters. The van der Waals surface area contributed by atoms with Crippen molar-refractivity contribution in [3.8, 4) is 10.6 Å². The first-order chi connectivity index (χ1) is 9.84. The molecule has 21 heavy (non-hydrogen) atoms. The molecular weight excluding hydrogens is 316 g/mol. The van der Waals surface area contributed by atoms with Gasteiger partial charge in [0.1, 0.15) is 4.70 Å². The highest BCUT2D eigenvalue weighted by atomic mass is 35.7. The Hall–Kier alpha value is -1.74. The predicted octanol–water partition coefficient (Wildman–Crippen LogP) is -1.79. The Bertz CT molecular complexity index is 703.